The van der Waals surface area contributed by atoms with Crippen molar-refractivity contribution < 1.29 is 19.7 Å². The Labute approximate surface area is 165 Å². The second-order valence-corrected chi connectivity index (χ2v) is 8.05. The molecule has 2 atom stereocenters. The fraction of sp³-hybridized carbons (Fsp3) is 0.650. The fourth-order valence-corrected chi connectivity index (χ4v) is 4.22. The summed E-state index contributed by atoms with van der Waals surface area (Å²) in [5.74, 6) is 1.22. The van der Waals surface area contributed by atoms with E-state index < -0.39 is 0 Å². The van der Waals surface area contributed by atoms with Crippen LogP contribution in [-0.2, 0) is 4.79 Å². The lowest BCUT2D eigenvalue weighted by molar-refractivity contribution is -0.132. The first-order valence-electron chi connectivity index (χ1n) is 9.70. The van der Waals surface area contributed by atoms with Crippen LogP contribution in [0.4, 0.5) is 0 Å². The van der Waals surface area contributed by atoms with Crippen LogP contribution in [0.3, 0.4) is 0 Å². The predicted molar refractivity (Wildman–Crippen MR) is 104 cm³/mol. The Kier molecular flexibility index (Phi) is 7.35. The second kappa shape index (κ2) is 9.73. The van der Waals surface area contributed by atoms with Gasteiger partial charge in [0.25, 0.3) is 5.91 Å². The number of likely N-dealkylation sites (tertiary alicyclic amines) is 2. The predicted octanol–water partition coefficient (Wildman–Crippen LogP) is 1.49. The van der Waals surface area contributed by atoms with Crippen LogP contribution >= 0.6 is 11.6 Å². The summed E-state index contributed by atoms with van der Waals surface area (Å²) in [6, 6.07) is 7.11. The molecule has 0 saturated carbocycles. The van der Waals surface area contributed by atoms with Gasteiger partial charge in [0.05, 0.1) is 5.02 Å². The molecule has 2 fully saturated rings. The molecule has 2 aliphatic rings. The zero-order valence-electron chi connectivity index (χ0n) is 15.6. The lowest BCUT2D eigenvalue weighted by Gasteiger charge is -2.33. The van der Waals surface area contributed by atoms with Gasteiger partial charge in [-0.2, -0.15) is 0 Å². The van der Waals surface area contributed by atoms with Gasteiger partial charge in [0, 0.05) is 38.8 Å². The highest BCUT2D eigenvalue weighted by Crippen LogP contribution is 2.27. The average molecular weight is 397 g/mol. The summed E-state index contributed by atoms with van der Waals surface area (Å²) < 4.78 is 5.57. The largest absolute Gasteiger partial charge is 0.482 e. The van der Waals surface area contributed by atoms with Crippen molar-refractivity contribution in [2.24, 2.45) is 17.8 Å². The zero-order chi connectivity index (χ0) is 19.2. The Balaban J connectivity index is 1.49. The number of halogens is 1. The topological polar surface area (TPSA) is 73.2 Å². The molecule has 0 radical (unpaired) electrons. The molecule has 2 heterocycles. The number of rotatable bonds is 7. The molecule has 0 unspecified atom stereocenters. The molecular formula is C20H29ClN2O4. The number of carbonyl (C=O) groups is 1. The molecule has 6 nitrogen and oxygen atoms in total. The van der Waals surface area contributed by atoms with E-state index in [-0.39, 0.29) is 37.6 Å². The Morgan fingerprint density at radius 1 is 1.11 bits per heavy atom. The first kappa shape index (κ1) is 20.4. The summed E-state index contributed by atoms with van der Waals surface area (Å²) in [5.41, 5.74) is 0. The number of aliphatic hydroxyl groups is 2. The molecule has 7 heteroatoms. The molecule has 0 aromatic heterocycles. The molecular weight excluding hydrogens is 368 g/mol. The maximum atomic E-state index is 12.5. The number of carbonyl (C=O) groups excluding carboxylic acids is 1. The van der Waals surface area contributed by atoms with Crippen molar-refractivity contribution in [3.05, 3.63) is 29.3 Å². The molecule has 2 aliphatic heterocycles. The molecule has 150 valence electrons. The lowest BCUT2D eigenvalue weighted by Crippen LogP contribution is -2.40. The van der Waals surface area contributed by atoms with E-state index in [9.17, 15) is 15.0 Å². The highest BCUT2D eigenvalue weighted by Gasteiger charge is 2.36. The van der Waals surface area contributed by atoms with E-state index in [2.05, 4.69) is 4.90 Å². The van der Waals surface area contributed by atoms with Crippen LogP contribution in [-0.4, -0.2) is 78.5 Å². The van der Waals surface area contributed by atoms with E-state index in [0.717, 1.165) is 32.5 Å². The van der Waals surface area contributed by atoms with Crippen LogP contribution in [0.25, 0.3) is 0 Å². The van der Waals surface area contributed by atoms with E-state index in [1.807, 2.05) is 12.1 Å². The number of hydrogen-bond acceptors (Lipinski definition) is 5. The second-order valence-electron chi connectivity index (χ2n) is 7.65. The van der Waals surface area contributed by atoms with Gasteiger partial charge in [0.15, 0.2) is 6.61 Å². The Bertz CT molecular complexity index is 622. The minimum absolute atomic E-state index is 0.0451. The molecule has 3 rings (SSSR count). The van der Waals surface area contributed by atoms with E-state index in [1.54, 1.807) is 17.0 Å². The van der Waals surface area contributed by atoms with Crippen LogP contribution < -0.4 is 4.74 Å². The first-order valence-corrected chi connectivity index (χ1v) is 10.1. The summed E-state index contributed by atoms with van der Waals surface area (Å²) >= 11 is 6.06. The van der Waals surface area contributed by atoms with Gasteiger partial charge < -0.3 is 24.7 Å². The number of ether oxygens (including phenoxy) is 1. The Morgan fingerprint density at radius 3 is 2.48 bits per heavy atom. The molecule has 0 spiro atoms. The molecule has 1 aromatic rings. The highest BCUT2D eigenvalue weighted by atomic mass is 35.5. The van der Waals surface area contributed by atoms with Crippen molar-refractivity contribution in [1.29, 1.82) is 0 Å². The SMILES string of the molecule is O=C(COc1ccccc1Cl)N1C[C@@H](CO)[C@@H](CN2CCC(CO)CC2)C1. The maximum Gasteiger partial charge on any atom is 0.260 e. The van der Waals surface area contributed by atoms with Crippen molar-refractivity contribution in [2.45, 2.75) is 12.8 Å². The van der Waals surface area contributed by atoms with Crippen LogP contribution in [0.15, 0.2) is 24.3 Å². The zero-order valence-corrected chi connectivity index (χ0v) is 16.4. The van der Waals surface area contributed by atoms with Gasteiger partial charge in [-0.15, -0.1) is 0 Å². The lowest BCUT2D eigenvalue weighted by atomic mass is 9.93. The molecule has 1 aromatic carbocycles. The molecule has 2 N–H and O–H groups in total. The maximum absolute atomic E-state index is 12.5. The Morgan fingerprint density at radius 2 is 1.81 bits per heavy atom. The van der Waals surface area contributed by atoms with Crippen molar-refractivity contribution >= 4 is 17.5 Å². The van der Waals surface area contributed by atoms with Crippen LogP contribution in [0.1, 0.15) is 12.8 Å². The number of amides is 1. The number of benzene rings is 1. The number of para-hydroxylation sites is 1. The smallest absolute Gasteiger partial charge is 0.260 e. The van der Waals surface area contributed by atoms with Crippen molar-refractivity contribution in [3.8, 4) is 5.75 Å². The summed E-state index contributed by atoms with van der Waals surface area (Å²) in [6.07, 6.45) is 2.03. The van der Waals surface area contributed by atoms with Gasteiger partial charge >= 0.3 is 0 Å². The minimum Gasteiger partial charge on any atom is -0.482 e. The van der Waals surface area contributed by atoms with Crippen molar-refractivity contribution in [2.75, 3.05) is 52.5 Å². The quantitative estimate of drug-likeness (QED) is 0.730. The molecule has 27 heavy (non-hydrogen) atoms. The van der Waals surface area contributed by atoms with Crippen LogP contribution in [0.5, 0.6) is 5.75 Å². The molecule has 0 bridgehead atoms. The Hall–Kier alpha value is -1.34. The van der Waals surface area contributed by atoms with E-state index >= 15 is 0 Å². The van der Waals surface area contributed by atoms with Gasteiger partial charge in [-0.1, -0.05) is 23.7 Å². The number of hydrogen-bond donors (Lipinski definition) is 2. The van der Waals surface area contributed by atoms with Gasteiger partial charge in [0.1, 0.15) is 5.75 Å². The van der Waals surface area contributed by atoms with Gasteiger partial charge in [0.2, 0.25) is 0 Å². The van der Waals surface area contributed by atoms with Gasteiger partial charge in [-0.3, -0.25) is 4.79 Å². The fourth-order valence-electron chi connectivity index (χ4n) is 4.03. The van der Waals surface area contributed by atoms with Crippen molar-refractivity contribution in [3.63, 3.8) is 0 Å². The normalized spacial score (nSPS) is 24.3. The average Bonchev–Trinajstić information content (AvgIpc) is 3.10. The number of aliphatic hydroxyl groups excluding tert-OH is 2. The van der Waals surface area contributed by atoms with E-state index in [0.29, 0.717) is 29.8 Å². The van der Waals surface area contributed by atoms with Crippen LogP contribution in [0.2, 0.25) is 5.02 Å². The standard InChI is InChI=1S/C20H29ClN2O4/c21-18-3-1-2-4-19(18)27-14-20(26)23-10-16(17(11-23)13-25)9-22-7-5-15(12-24)6-8-22/h1-4,15-17,24-25H,5-14H2/t16-,17-/m0/s1. The minimum atomic E-state index is -0.0742. The van der Waals surface area contributed by atoms with Crippen molar-refractivity contribution in [1.82, 2.24) is 9.80 Å². The third kappa shape index (κ3) is 5.35. The summed E-state index contributed by atoms with van der Waals surface area (Å²) in [7, 11) is 0. The van der Waals surface area contributed by atoms with Crippen LogP contribution in [0, 0.1) is 17.8 Å². The highest BCUT2D eigenvalue weighted by molar-refractivity contribution is 6.32. The third-order valence-electron chi connectivity index (χ3n) is 5.81. The summed E-state index contributed by atoms with van der Waals surface area (Å²) in [5, 5.41) is 19.5. The van der Waals surface area contributed by atoms with Gasteiger partial charge in [-0.05, 0) is 49.9 Å². The summed E-state index contributed by atoms with van der Waals surface area (Å²) in [4.78, 5) is 16.7. The third-order valence-corrected chi connectivity index (χ3v) is 6.12. The van der Waals surface area contributed by atoms with E-state index in [1.165, 1.54) is 0 Å². The molecule has 0 aliphatic carbocycles. The number of nitrogens with zero attached hydrogens (tertiary/aromatic N) is 2. The monoisotopic (exact) mass is 396 g/mol. The molecule has 2 saturated heterocycles. The van der Waals surface area contributed by atoms with Gasteiger partial charge in [-0.25, -0.2) is 0 Å². The first-order chi connectivity index (χ1) is 13.1. The molecule has 1 amide bonds. The number of piperidine rings is 1. The van der Waals surface area contributed by atoms with E-state index in [4.69, 9.17) is 16.3 Å². The summed E-state index contributed by atoms with van der Waals surface area (Å²) in [6.45, 7) is 4.37.